The number of hydrogen-bond acceptors (Lipinski definition) is 0. The third-order valence-corrected chi connectivity index (χ3v) is 5.65. The Morgan fingerprint density at radius 3 is 2.38 bits per heavy atom. The van der Waals surface area contributed by atoms with Gasteiger partial charge in [0.25, 0.3) is 0 Å². The summed E-state index contributed by atoms with van der Waals surface area (Å²) in [6.45, 7) is 0. The van der Waals surface area contributed by atoms with Crippen LogP contribution in [0.4, 0.5) is 0 Å². The molecule has 2 aliphatic carbocycles. The number of benzene rings is 2. The van der Waals surface area contributed by atoms with Gasteiger partial charge in [0.1, 0.15) is 0 Å². The second-order valence-corrected chi connectivity index (χ2v) is 7.08. The van der Waals surface area contributed by atoms with Gasteiger partial charge in [0, 0.05) is 0 Å². The van der Waals surface area contributed by atoms with Crippen LogP contribution in [0.1, 0.15) is 23.1 Å². The predicted molar refractivity (Wildman–Crippen MR) is 83.5 cm³/mol. The number of rotatable bonds is 2. The van der Waals surface area contributed by atoms with Crippen molar-refractivity contribution in [2.24, 2.45) is 0 Å². The maximum atomic E-state index is 2.39. The third kappa shape index (κ3) is 1.91. The molecular formula is C20H15Zr. The van der Waals surface area contributed by atoms with Crippen LogP contribution in [0.5, 0.6) is 0 Å². The molecule has 0 amide bonds. The van der Waals surface area contributed by atoms with E-state index in [4.69, 9.17) is 0 Å². The van der Waals surface area contributed by atoms with Gasteiger partial charge in [-0.05, 0) is 0 Å². The van der Waals surface area contributed by atoms with Gasteiger partial charge in [-0.1, -0.05) is 0 Å². The first-order valence-electron chi connectivity index (χ1n) is 7.28. The van der Waals surface area contributed by atoms with Crippen LogP contribution in [0, 0.1) is 0 Å². The molecule has 0 heterocycles. The van der Waals surface area contributed by atoms with E-state index in [0.717, 1.165) is 6.42 Å². The number of fused-ring (bicyclic) bond motifs is 1. The summed E-state index contributed by atoms with van der Waals surface area (Å²) in [4.78, 5) is 0. The van der Waals surface area contributed by atoms with Crippen molar-refractivity contribution in [3.05, 3.63) is 98.4 Å². The van der Waals surface area contributed by atoms with Gasteiger partial charge in [0.05, 0.1) is 0 Å². The van der Waals surface area contributed by atoms with Gasteiger partial charge >= 0.3 is 141 Å². The normalized spacial score (nSPS) is 22.8. The van der Waals surface area contributed by atoms with E-state index in [1.165, 1.54) is 47.0 Å². The molecule has 0 saturated carbocycles. The van der Waals surface area contributed by atoms with Crippen LogP contribution in [0.25, 0.3) is 6.08 Å². The van der Waals surface area contributed by atoms with Gasteiger partial charge in [0.15, 0.2) is 0 Å². The summed E-state index contributed by atoms with van der Waals surface area (Å²) in [6.07, 6.45) is 10.4. The molecule has 99 valence electrons. The summed E-state index contributed by atoms with van der Waals surface area (Å²) in [6, 6.07) is 19.7. The predicted octanol–water partition coefficient (Wildman–Crippen LogP) is 4.76. The van der Waals surface area contributed by atoms with E-state index in [0.29, 0.717) is 0 Å². The van der Waals surface area contributed by atoms with Crippen molar-refractivity contribution in [2.45, 2.75) is 11.8 Å². The molecule has 1 atom stereocenters. The molecule has 0 radical (unpaired) electrons. The summed E-state index contributed by atoms with van der Waals surface area (Å²) < 4.78 is 1.56. The minimum atomic E-state index is -0.0936. The average Bonchev–Trinajstić information content (AvgIpc) is 3.13. The van der Waals surface area contributed by atoms with Crippen molar-refractivity contribution in [1.29, 1.82) is 0 Å². The van der Waals surface area contributed by atoms with Crippen LogP contribution in [0.2, 0.25) is 0 Å². The molecule has 2 aromatic rings. The average molecular weight is 347 g/mol. The molecule has 21 heavy (non-hydrogen) atoms. The topological polar surface area (TPSA) is 0 Å². The fraction of sp³-hybridized carbons (Fsp3) is 0.100. The van der Waals surface area contributed by atoms with Crippen molar-refractivity contribution in [3.63, 3.8) is 0 Å². The first kappa shape index (κ1) is 13.2. The summed E-state index contributed by atoms with van der Waals surface area (Å²) in [5.74, 6) is 0. The molecule has 0 aliphatic heterocycles. The van der Waals surface area contributed by atoms with Crippen molar-refractivity contribution in [3.8, 4) is 0 Å². The molecule has 1 heteroatoms. The van der Waals surface area contributed by atoms with E-state index < -0.39 is 0 Å². The van der Waals surface area contributed by atoms with Gasteiger partial charge < -0.3 is 0 Å². The third-order valence-electron chi connectivity index (χ3n) is 4.48. The molecule has 4 rings (SSSR count). The second-order valence-electron chi connectivity index (χ2n) is 5.59. The number of hydrogen-bond donors (Lipinski definition) is 0. The Bertz CT molecular complexity index is 780. The standard InChI is InChI=1S/C20H15.Zr/c1-2-9-17(10-3-1)20(18-11-5-6-12-18)15-14-16-8-4-7-13-19(16)20;/h1-5,7-11,13-15H,6H2;. The van der Waals surface area contributed by atoms with Crippen LogP contribution < -0.4 is 0 Å². The quantitative estimate of drug-likeness (QED) is 0.735. The molecule has 2 aliphatic rings. The van der Waals surface area contributed by atoms with Gasteiger partial charge in [0.2, 0.25) is 0 Å². The van der Waals surface area contributed by atoms with E-state index in [2.05, 4.69) is 78.9 Å². The Kier molecular flexibility index (Phi) is 3.19. The molecule has 2 aromatic carbocycles. The van der Waals surface area contributed by atoms with E-state index in [9.17, 15) is 0 Å². The molecule has 0 fully saturated rings. The van der Waals surface area contributed by atoms with Gasteiger partial charge in [-0.25, -0.2) is 0 Å². The number of allylic oxidation sites excluding steroid dienone is 5. The first-order valence-corrected chi connectivity index (χ1v) is 8.51. The molecular weight excluding hydrogens is 331 g/mol. The molecule has 0 N–H and O–H groups in total. The zero-order valence-electron chi connectivity index (χ0n) is 11.7. The van der Waals surface area contributed by atoms with Crippen molar-refractivity contribution in [2.75, 3.05) is 0 Å². The molecule has 0 aromatic heterocycles. The first-order chi connectivity index (χ1) is 10.3. The Labute approximate surface area is 140 Å². The molecule has 0 nitrogen and oxygen atoms in total. The molecule has 1 unspecified atom stereocenters. The fourth-order valence-electron chi connectivity index (χ4n) is 3.52. The SMILES string of the molecule is [Zr][C]1=C(C2(c3ccccc3)C=Cc3ccccc32)C=CC1. The second kappa shape index (κ2) is 5.07. The molecule has 0 saturated heterocycles. The van der Waals surface area contributed by atoms with E-state index >= 15 is 0 Å². The van der Waals surface area contributed by atoms with Crippen LogP contribution in [0.15, 0.2) is 81.7 Å². The van der Waals surface area contributed by atoms with Crippen LogP contribution in [-0.4, -0.2) is 0 Å². The summed E-state index contributed by atoms with van der Waals surface area (Å²) in [5.41, 5.74) is 5.51. The monoisotopic (exact) mass is 345 g/mol. The summed E-state index contributed by atoms with van der Waals surface area (Å²) in [7, 11) is 0. The Hall–Kier alpha value is -1.46. The molecule has 0 bridgehead atoms. The Balaban J connectivity index is 2.05. The fourth-order valence-corrected chi connectivity index (χ4v) is 4.50. The van der Waals surface area contributed by atoms with Crippen LogP contribution in [-0.2, 0) is 30.1 Å². The van der Waals surface area contributed by atoms with Gasteiger partial charge in [-0.15, -0.1) is 0 Å². The van der Waals surface area contributed by atoms with E-state index in [1.54, 1.807) is 3.28 Å². The van der Waals surface area contributed by atoms with E-state index in [1.807, 2.05) is 0 Å². The van der Waals surface area contributed by atoms with Crippen molar-refractivity contribution in [1.82, 2.24) is 0 Å². The van der Waals surface area contributed by atoms with Gasteiger partial charge in [-0.3, -0.25) is 0 Å². The van der Waals surface area contributed by atoms with Crippen LogP contribution >= 0.6 is 0 Å². The molecule has 0 spiro atoms. The zero-order valence-corrected chi connectivity index (χ0v) is 14.2. The Morgan fingerprint density at radius 2 is 1.62 bits per heavy atom. The minimum absolute atomic E-state index is 0.0936. The summed E-state index contributed by atoms with van der Waals surface area (Å²) >= 11 is 1.53. The zero-order chi connectivity index (χ0) is 14.3. The van der Waals surface area contributed by atoms with Crippen molar-refractivity contribution < 1.29 is 24.7 Å². The maximum absolute atomic E-state index is 2.39. The van der Waals surface area contributed by atoms with Crippen LogP contribution in [0.3, 0.4) is 0 Å². The van der Waals surface area contributed by atoms with Gasteiger partial charge in [-0.2, -0.15) is 0 Å². The summed E-state index contributed by atoms with van der Waals surface area (Å²) in [5, 5.41) is 0. The Morgan fingerprint density at radius 1 is 0.857 bits per heavy atom. The van der Waals surface area contributed by atoms with E-state index in [-0.39, 0.29) is 5.41 Å². The van der Waals surface area contributed by atoms with Crippen molar-refractivity contribution >= 4 is 6.08 Å².